The van der Waals surface area contributed by atoms with E-state index in [2.05, 4.69) is 13.5 Å². The maximum Gasteiger partial charge on any atom is 0.123 e. The number of hydrogen-bond acceptors (Lipinski definition) is 3. The Bertz CT molecular complexity index is 593. The van der Waals surface area contributed by atoms with Gasteiger partial charge in [0.25, 0.3) is 0 Å². The van der Waals surface area contributed by atoms with E-state index in [1.165, 1.54) is 0 Å². The number of aromatic hydroxyl groups is 2. The molecule has 24 heavy (non-hydrogen) atoms. The molecule has 1 aromatic carbocycles. The Labute approximate surface area is 145 Å². The molecular formula is C21H30O3. The van der Waals surface area contributed by atoms with Crippen LogP contribution >= 0.6 is 0 Å². The molecule has 1 aromatic rings. The van der Waals surface area contributed by atoms with Crippen molar-refractivity contribution in [1.29, 1.82) is 0 Å². The zero-order valence-electron chi connectivity index (χ0n) is 14.9. The molecule has 132 valence electrons. The molecule has 3 N–H and O–H groups in total. The highest BCUT2D eigenvalue weighted by atomic mass is 16.3. The average molecular weight is 330 g/mol. The van der Waals surface area contributed by atoms with E-state index in [1.807, 2.05) is 13.0 Å². The third-order valence-electron chi connectivity index (χ3n) is 5.06. The van der Waals surface area contributed by atoms with Crippen molar-refractivity contribution in [3.05, 3.63) is 47.1 Å². The van der Waals surface area contributed by atoms with Gasteiger partial charge in [0.1, 0.15) is 11.5 Å². The number of allylic oxidation sites excluding steroid dienone is 2. The lowest BCUT2D eigenvalue weighted by molar-refractivity contribution is 0.314. The van der Waals surface area contributed by atoms with Gasteiger partial charge in [-0.15, -0.1) is 0 Å². The second-order valence-electron chi connectivity index (χ2n) is 7.01. The van der Waals surface area contributed by atoms with Gasteiger partial charge in [-0.1, -0.05) is 38.0 Å². The number of unbranched alkanes of at least 4 members (excludes halogenated alkanes) is 2. The number of rotatable bonds is 7. The second-order valence-corrected chi connectivity index (χ2v) is 7.01. The van der Waals surface area contributed by atoms with Gasteiger partial charge < -0.3 is 15.3 Å². The highest BCUT2D eigenvalue weighted by molar-refractivity contribution is 5.52. The number of phenols is 2. The van der Waals surface area contributed by atoms with E-state index >= 15 is 0 Å². The lowest BCUT2D eigenvalue weighted by Gasteiger charge is -2.31. The summed E-state index contributed by atoms with van der Waals surface area (Å²) in [6.45, 7) is 8.25. The van der Waals surface area contributed by atoms with Crippen LogP contribution in [0.1, 0.15) is 63.0 Å². The molecule has 0 spiro atoms. The molecule has 3 nitrogen and oxygen atoms in total. The molecule has 0 saturated carbocycles. The maximum absolute atomic E-state index is 10.6. The van der Waals surface area contributed by atoms with Gasteiger partial charge in [-0.2, -0.15) is 0 Å². The molecule has 0 amide bonds. The summed E-state index contributed by atoms with van der Waals surface area (Å²) in [5.41, 5.74) is 3.53. The first kappa shape index (κ1) is 18.6. The number of phenolic OH excluding ortho intramolecular Hbond substituents is 2. The quantitative estimate of drug-likeness (QED) is 0.496. The molecule has 1 aliphatic carbocycles. The van der Waals surface area contributed by atoms with Gasteiger partial charge >= 0.3 is 0 Å². The van der Waals surface area contributed by atoms with Crippen molar-refractivity contribution >= 4 is 0 Å². The first-order valence-corrected chi connectivity index (χ1v) is 8.98. The lowest BCUT2D eigenvalue weighted by Crippen LogP contribution is -2.18. The maximum atomic E-state index is 10.6. The van der Waals surface area contributed by atoms with Crippen LogP contribution in [0.4, 0.5) is 0 Å². The molecule has 0 unspecified atom stereocenters. The van der Waals surface area contributed by atoms with E-state index in [1.54, 1.807) is 12.1 Å². The van der Waals surface area contributed by atoms with Gasteiger partial charge in [-0.05, 0) is 61.8 Å². The fourth-order valence-electron chi connectivity index (χ4n) is 3.69. The van der Waals surface area contributed by atoms with Gasteiger partial charge in [0, 0.05) is 11.5 Å². The van der Waals surface area contributed by atoms with Crippen LogP contribution in [0, 0.1) is 5.92 Å². The van der Waals surface area contributed by atoms with E-state index in [0.717, 1.165) is 55.2 Å². The topological polar surface area (TPSA) is 60.7 Å². The largest absolute Gasteiger partial charge is 0.507 e. The van der Waals surface area contributed by atoms with Crippen LogP contribution in [0.15, 0.2) is 35.9 Å². The van der Waals surface area contributed by atoms with Gasteiger partial charge in [0.05, 0.1) is 6.61 Å². The van der Waals surface area contributed by atoms with Crippen molar-refractivity contribution in [3.8, 4) is 11.5 Å². The van der Waals surface area contributed by atoms with Gasteiger partial charge in [0.15, 0.2) is 0 Å². The highest BCUT2D eigenvalue weighted by Crippen LogP contribution is 2.46. The molecule has 2 rings (SSSR count). The number of benzene rings is 1. The van der Waals surface area contributed by atoms with Crippen LogP contribution in [-0.2, 0) is 6.42 Å². The molecule has 0 radical (unpaired) electrons. The van der Waals surface area contributed by atoms with Gasteiger partial charge in [-0.25, -0.2) is 0 Å². The summed E-state index contributed by atoms with van der Waals surface area (Å²) in [4.78, 5) is 0. The molecule has 0 saturated heterocycles. The summed E-state index contributed by atoms with van der Waals surface area (Å²) in [5.74, 6) is 0.326. The zero-order chi connectivity index (χ0) is 17.7. The smallest absolute Gasteiger partial charge is 0.123 e. The van der Waals surface area contributed by atoms with Crippen LogP contribution in [0.3, 0.4) is 0 Å². The van der Waals surface area contributed by atoms with Crippen molar-refractivity contribution in [1.82, 2.24) is 0 Å². The minimum Gasteiger partial charge on any atom is -0.507 e. The Kier molecular flexibility index (Phi) is 6.50. The van der Waals surface area contributed by atoms with Gasteiger partial charge in [-0.3, -0.25) is 0 Å². The third-order valence-corrected chi connectivity index (χ3v) is 5.06. The monoisotopic (exact) mass is 330 g/mol. The molecule has 1 aliphatic rings. The first-order chi connectivity index (χ1) is 11.5. The fraction of sp³-hybridized carbons (Fsp3) is 0.524. The van der Waals surface area contributed by atoms with Crippen molar-refractivity contribution in [2.75, 3.05) is 6.61 Å². The molecule has 3 heteroatoms. The van der Waals surface area contributed by atoms with E-state index < -0.39 is 0 Å². The standard InChI is InChI=1S/C21H30O3/c1-4-5-6-7-15-11-19(23)21(20(24)12-15)18-10-16(13-22)8-9-17(18)14(2)3/h10-12,17-18,22-24H,2,4-9,13H2,1,3H3/t17-,18+/m1/s1. The third kappa shape index (κ3) is 4.21. The van der Waals surface area contributed by atoms with Crippen molar-refractivity contribution in [3.63, 3.8) is 0 Å². The fourth-order valence-corrected chi connectivity index (χ4v) is 3.69. The van der Waals surface area contributed by atoms with Crippen LogP contribution < -0.4 is 0 Å². The molecule has 0 bridgehead atoms. The number of aryl methyl sites for hydroxylation is 1. The highest BCUT2D eigenvalue weighted by Gasteiger charge is 2.30. The van der Waals surface area contributed by atoms with Crippen molar-refractivity contribution in [2.45, 2.75) is 58.3 Å². The van der Waals surface area contributed by atoms with E-state index in [-0.39, 0.29) is 29.9 Å². The Morgan fingerprint density at radius 3 is 2.42 bits per heavy atom. The first-order valence-electron chi connectivity index (χ1n) is 8.98. The Hall–Kier alpha value is -1.74. The SMILES string of the molecule is C=C(C)[C@H]1CCC(CO)=C[C@@H]1c1c(O)cc(CCCCC)cc1O. The van der Waals surface area contributed by atoms with Crippen LogP contribution in [0.25, 0.3) is 0 Å². The number of hydrogen-bond donors (Lipinski definition) is 3. The molecular weight excluding hydrogens is 300 g/mol. The molecule has 2 atom stereocenters. The van der Waals surface area contributed by atoms with E-state index in [9.17, 15) is 15.3 Å². The minimum atomic E-state index is -0.136. The zero-order valence-corrected chi connectivity index (χ0v) is 14.9. The predicted octanol–water partition coefficient (Wildman–Crippen LogP) is 4.82. The van der Waals surface area contributed by atoms with Crippen LogP contribution in [0.5, 0.6) is 11.5 Å². The lowest BCUT2D eigenvalue weighted by atomic mass is 9.73. The number of aliphatic hydroxyl groups is 1. The molecule has 0 fully saturated rings. The summed E-state index contributed by atoms with van der Waals surface area (Å²) >= 11 is 0. The molecule has 0 heterocycles. The van der Waals surface area contributed by atoms with E-state index in [4.69, 9.17) is 0 Å². The Morgan fingerprint density at radius 1 is 1.21 bits per heavy atom. The summed E-state index contributed by atoms with van der Waals surface area (Å²) in [7, 11) is 0. The summed E-state index contributed by atoms with van der Waals surface area (Å²) in [6, 6.07) is 3.56. The summed E-state index contributed by atoms with van der Waals surface area (Å²) in [6.07, 6.45) is 7.92. The van der Waals surface area contributed by atoms with Crippen molar-refractivity contribution in [2.24, 2.45) is 5.92 Å². The Balaban J connectivity index is 2.36. The molecule has 0 aromatic heterocycles. The summed E-state index contributed by atoms with van der Waals surface area (Å²) < 4.78 is 0. The van der Waals surface area contributed by atoms with Gasteiger partial charge in [0.2, 0.25) is 0 Å². The minimum absolute atomic E-state index is 0.0238. The van der Waals surface area contributed by atoms with Crippen LogP contribution in [0.2, 0.25) is 0 Å². The average Bonchev–Trinajstić information content (AvgIpc) is 2.54. The van der Waals surface area contributed by atoms with Crippen LogP contribution in [-0.4, -0.2) is 21.9 Å². The number of aliphatic hydroxyl groups excluding tert-OH is 1. The second kappa shape index (κ2) is 8.39. The van der Waals surface area contributed by atoms with E-state index in [0.29, 0.717) is 5.56 Å². The predicted molar refractivity (Wildman–Crippen MR) is 98.4 cm³/mol. The molecule has 0 aliphatic heterocycles. The summed E-state index contributed by atoms with van der Waals surface area (Å²) in [5, 5.41) is 30.6. The Morgan fingerprint density at radius 2 is 1.88 bits per heavy atom. The normalized spacial score (nSPS) is 20.7. The van der Waals surface area contributed by atoms with Crippen molar-refractivity contribution < 1.29 is 15.3 Å².